The number of aliphatic imine (C=N–C) groups is 1. The number of benzene rings is 4. The van der Waals surface area contributed by atoms with Gasteiger partial charge in [-0.05, 0) is 98.8 Å². The number of carbonyl (C=O) groups excluding carboxylic acids is 3. The van der Waals surface area contributed by atoms with Crippen molar-refractivity contribution in [2.75, 3.05) is 19.6 Å². The predicted molar refractivity (Wildman–Crippen MR) is 250 cm³/mol. The van der Waals surface area contributed by atoms with Gasteiger partial charge in [0.2, 0.25) is 5.91 Å². The van der Waals surface area contributed by atoms with E-state index in [0.29, 0.717) is 19.5 Å². The summed E-state index contributed by atoms with van der Waals surface area (Å²) in [6, 6.07) is 35.8. The number of likely N-dealkylation sites (N-methyl/N-ethyl adjacent to an activating group) is 1. The molecule has 3 amide bonds. The second-order valence-corrected chi connectivity index (χ2v) is 18.0. The van der Waals surface area contributed by atoms with Crippen molar-refractivity contribution in [3.8, 4) is 22.4 Å². The quantitative estimate of drug-likeness (QED) is 0.127. The largest absolute Gasteiger partial charge is 0.444 e. The van der Waals surface area contributed by atoms with Gasteiger partial charge in [0, 0.05) is 38.0 Å². The number of H-pyrrole nitrogens is 1. The van der Waals surface area contributed by atoms with Crippen LogP contribution in [0.1, 0.15) is 120 Å². The van der Waals surface area contributed by atoms with E-state index in [2.05, 4.69) is 72.6 Å². The maximum atomic E-state index is 14.6. The molecule has 4 heterocycles. The first kappa shape index (κ1) is 43.4. The van der Waals surface area contributed by atoms with E-state index in [-0.39, 0.29) is 29.8 Å². The van der Waals surface area contributed by atoms with Crippen LogP contribution in [-0.2, 0) is 14.3 Å². The molecule has 0 spiro atoms. The number of ether oxygens (including phenoxy) is 1. The van der Waals surface area contributed by atoms with Crippen LogP contribution in [0.4, 0.5) is 4.79 Å². The van der Waals surface area contributed by atoms with Gasteiger partial charge in [0.1, 0.15) is 17.5 Å². The molecule has 8 rings (SSSR count). The van der Waals surface area contributed by atoms with Crippen molar-refractivity contribution in [3.05, 3.63) is 144 Å². The van der Waals surface area contributed by atoms with Gasteiger partial charge in [-0.15, -0.1) is 0 Å². The van der Waals surface area contributed by atoms with Crippen molar-refractivity contribution in [1.29, 1.82) is 0 Å². The monoisotopic (exact) mass is 844 g/mol. The first-order valence-electron chi connectivity index (χ1n) is 22.7. The lowest BCUT2D eigenvalue weighted by molar-refractivity contribution is -0.137. The van der Waals surface area contributed by atoms with E-state index in [4.69, 9.17) is 14.7 Å². The number of nitrogens with zero attached hydrogens (tertiary/aromatic N) is 5. The highest BCUT2D eigenvalue weighted by molar-refractivity contribution is 6.04. The first-order chi connectivity index (χ1) is 30.5. The van der Waals surface area contributed by atoms with E-state index in [1.54, 1.807) is 4.90 Å². The number of nitrogens with one attached hydrogen (secondary N) is 1. The molecule has 3 aliphatic rings. The van der Waals surface area contributed by atoms with Crippen molar-refractivity contribution in [2.24, 2.45) is 4.99 Å². The third-order valence-corrected chi connectivity index (χ3v) is 12.6. The molecule has 0 radical (unpaired) electrons. The van der Waals surface area contributed by atoms with Gasteiger partial charge in [-0.2, -0.15) is 0 Å². The molecule has 0 bridgehead atoms. The zero-order chi connectivity index (χ0) is 44.1. The Labute approximate surface area is 372 Å². The summed E-state index contributed by atoms with van der Waals surface area (Å²) < 4.78 is 5.77. The summed E-state index contributed by atoms with van der Waals surface area (Å²) in [7, 11) is 0. The Morgan fingerprint density at radius 3 is 1.92 bits per heavy atom. The third kappa shape index (κ3) is 9.55. The smallest absolute Gasteiger partial charge is 0.411 e. The fraction of sp³-hybridized carbons (Fsp3) is 0.377. The molecule has 2 saturated heterocycles. The van der Waals surface area contributed by atoms with Crippen LogP contribution in [0.5, 0.6) is 0 Å². The molecule has 10 heteroatoms. The number of aromatic amines is 1. The van der Waals surface area contributed by atoms with E-state index >= 15 is 0 Å². The topological polar surface area (TPSA) is 111 Å². The average molecular weight is 845 g/mol. The molecular weight excluding hydrogens is 785 g/mol. The number of carbonyl (C=O) groups is 3. The molecule has 63 heavy (non-hydrogen) atoms. The van der Waals surface area contributed by atoms with Crippen LogP contribution in [0.3, 0.4) is 0 Å². The van der Waals surface area contributed by atoms with Gasteiger partial charge in [-0.25, -0.2) is 9.78 Å². The normalized spacial score (nSPS) is 18.5. The van der Waals surface area contributed by atoms with E-state index in [1.165, 1.54) is 0 Å². The van der Waals surface area contributed by atoms with Crippen molar-refractivity contribution in [3.63, 3.8) is 0 Å². The molecule has 0 saturated carbocycles. The third-order valence-electron chi connectivity index (χ3n) is 12.6. The van der Waals surface area contributed by atoms with Gasteiger partial charge in [0.15, 0.2) is 0 Å². The van der Waals surface area contributed by atoms with Crippen molar-refractivity contribution in [2.45, 2.75) is 109 Å². The van der Waals surface area contributed by atoms with Crippen molar-refractivity contribution in [1.82, 2.24) is 24.7 Å². The second-order valence-electron chi connectivity index (χ2n) is 18.0. The molecule has 10 nitrogen and oxygen atoms in total. The number of amides is 3. The van der Waals surface area contributed by atoms with Gasteiger partial charge < -0.3 is 19.5 Å². The Morgan fingerprint density at radius 2 is 1.32 bits per heavy atom. The highest BCUT2D eigenvalue weighted by Gasteiger charge is 2.42. The van der Waals surface area contributed by atoms with Gasteiger partial charge in [-0.1, -0.05) is 123 Å². The number of hydrogen-bond donors (Lipinski definition) is 1. The van der Waals surface area contributed by atoms with Crippen LogP contribution in [-0.4, -0.2) is 79.6 Å². The number of likely N-dealkylation sites (tertiary alicyclic amines) is 2. The van der Waals surface area contributed by atoms with Crippen LogP contribution in [0.2, 0.25) is 0 Å². The summed E-state index contributed by atoms with van der Waals surface area (Å²) in [4.78, 5) is 60.8. The molecule has 1 aromatic heterocycles. The Bertz CT molecular complexity index is 2430. The van der Waals surface area contributed by atoms with Crippen LogP contribution in [0.25, 0.3) is 28.0 Å². The number of hydrogen-bond acceptors (Lipinski definition) is 6. The fourth-order valence-electron chi connectivity index (χ4n) is 9.48. The van der Waals surface area contributed by atoms with E-state index in [0.717, 1.165) is 101 Å². The zero-order valence-corrected chi connectivity index (χ0v) is 37.3. The molecule has 0 aliphatic carbocycles. The Hall–Kier alpha value is -6.29. The number of rotatable bonds is 13. The lowest BCUT2D eigenvalue weighted by atomic mass is 9.93. The van der Waals surface area contributed by atoms with Gasteiger partial charge >= 0.3 is 6.09 Å². The Morgan fingerprint density at radius 1 is 0.746 bits per heavy atom. The van der Waals surface area contributed by atoms with E-state index < -0.39 is 17.7 Å². The average Bonchev–Trinajstić information content (AvgIpc) is 4.15. The Balaban J connectivity index is 0.907. The number of imidazole rings is 1. The molecule has 5 aromatic rings. The van der Waals surface area contributed by atoms with Gasteiger partial charge in [-0.3, -0.25) is 19.5 Å². The lowest BCUT2D eigenvalue weighted by Crippen LogP contribution is -2.49. The minimum Gasteiger partial charge on any atom is -0.444 e. The highest BCUT2D eigenvalue weighted by atomic mass is 16.6. The Kier molecular flexibility index (Phi) is 13.1. The molecule has 4 atom stereocenters. The van der Waals surface area contributed by atoms with Crippen molar-refractivity contribution >= 4 is 29.2 Å². The lowest BCUT2D eigenvalue weighted by Gasteiger charge is -2.36. The van der Waals surface area contributed by atoms with Crippen LogP contribution in [0.15, 0.2) is 127 Å². The van der Waals surface area contributed by atoms with E-state index in [9.17, 15) is 14.4 Å². The molecule has 1 N–H and O–H groups in total. The van der Waals surface area contributed by atoms with Crippen LogP contribution in [0, 0.1) is 0 Å². The van der Waals surface area contributed by atoms with Crippen LogP contribution >= 0.6 is 0 Å². The SMILES string of the molecule is CCC[C@@H](C(=O)N1CCCC1c1ncc(-c2ccc(-c3ccc(C4=CN=C([C@@H]5CCCN5C(=O)[C@@H](c5ccccc5)N(CC)C(=O)OC(C)(C)C)C4)cc3)cc2)[nH]1)c1ccccc1. The summed E-state index contributed by atoms with van der Waals surface area (Å²) in [6.07, 6.45) is 9.32. The van der Waals surface area contributed by atoms with Crippen molar-refractivity contribution < 1.29 is 19.1 Å². The summed E-state index contributed by atoms with van der Waals surface area (Å²) in [5, 5.41) is 0. The minimum atomic E-state index is -0.802. The molecule has 326 valence electrons. The summed E-state index contributed by atoms with van der Waals surface area (Å²) in [6.45, 7) is 11.2. The molecule has 1 unspecified atom stereocenters. The molecular formula is C53H60N6O4. The molecule has 2 fully saturated rings. The second kappa shape index (κ2) is 19.0. The van der Waals surface area contributed by atoms with Gasteiger partial charge in [0.05, 0.1) is 29.9 Å². The standard InChI is InChI=1S/C53H60N6O4/c1-6-16-43(39-17-10-8-11-18-39)50(60)59-32-15-22-47(59)49-55-35-45(56-49)40-29-27-37(28-30-40)36-23-25-38(26-24-36)42-33-44(54-34-42)46-21-14-31-58(46)51(61)48(41-19-12-9-13-20-41)57(7-2)52(62)63-53(3,4)5/h8-13,17-20,23-30,34-35,43,46-48H,6-7,14-16,21-22,31-33H2,1-5H3,(H,55,56)/t43-,46+,47?,48-/m1/s1. The van der Waals surface area contributed by atoms with Gasteiger partial charge in [0.25, 0.3) is 5.91 Å². The molecule has 3 aliphatic heterocycles. The first-order valence-corrected chi connectivity index (χ1v) is 22.7. The zero-order valence-electron chi connectivity index (χ0n) is 37.3. The fourth-order valence-corrected chi connectivity index (χ4v) is 9.48. The number of allylic oxidation sites excluding steroid dienone is 1. The number of aromatic nitrogens is 2. The predicted octanol–water partition coefficient (Wildman–Crippen LogP) is 11.2. The summed E-state index contributed by atoms with van der Waals surface area (Å²) in [5.74, 6) is 0.789. The maximum Gasteiger partial charge on any atom is 0.411 e. The molecule has 4 aromatic carbocycles. The van der Waals surface area contributed by atoms with Crippen LogP contribution < -0.4 is 0 Å². The highest BCUT2D eigenvalue weighted by Crippen LogP contribution is 2.37. The summed E-state index contributed by atoms with van der Waals surface area (Å²) >= 11 is 0. The maximum absolute atomic E-state index is 14.6. The van der Waals surface area contributed by atoms with E-state index in [1.807, 2.05) is 98.4 Å². The minimum absolute atomic E-state index is 0.0577. The summed E-state index contributed by atoms with van der Waals surface area (Å²) in [5.41, 5.74) is 8.55.